The van der Waals surface area contributed by atoms with Gasteiger partial charge < -0.3 is 19.7 Å². The van der Waals surface area contributed by atoms with Crippen LogP contribution in [0.1, 0.15) is 30.5 Å². The molecule has 0 bridgehead atoms. The number of halogens is 2. The molecule has 1 amide bonds. The van der Waals surface area contributed by atoms with Gasteiger partial charge in [0.25, 0.3) is 5.78 Å². The molecule has 2 N–H and O–H groups in total. The van der Waals surface area contributed by atoms with Crippen LogP contribution in [0.5, 0.6) is 17.2 Å². The number of hydrogen-bond donors (Lipinski definition) is 2. The molecule has 1 unspecified atom stereocenters. The molecule has 8 nitrogen and oxygen atoms in total. The first-order valence-corrected chi connectivity index (χ1v) is 13.5. The minimum atomic E-state index is -1.14. The lowest BCUT2D eigenvalue weighted by Crippen LogP contribution is -2.29. The van der Waals surface area contributed by atoms with Crippen LogP contribution in [-0.4, -0.2) is 40.6 Å². The number of Topliss-reactive ketones (excluding diaryl/α,β-unsaturated/α-hetero) is 1. The molecule has 39 heavy (non-hydrogen) atoms. The molecule has 1 atom stereocenters. The van der Waals surface area contributed by atoms with Gasteiger partial charge in [-0.15, -0.1) is 0 Å². The molecule has 5 rings (SSSR count). The van der Waals surface area contributed by atoms with E-state index >= 15 is 0 Å². The molecule has 4 aromatic rings. The number of rotatable bonds is 7. The number of thiazole rings is 1. The molecule has 1 aromatic heterocycles. The summed E-state index contributed by atoms with van der Waals surface area (Å²) in [5, 5.41) is 22.0. The number of amides is 1. The molecule has 3 aromatic carbocycles. The summed E-state index contributed by atoms with van der Waals surface area (Å²) in [5.41, 5.74) is 0.906. The van der Waals surface area contributed by atoms with Crippen molar-refractivity contribution in [2.45, 2.75) is 19.4 Å². The number of fused-ring (bicyclic) bond motifs is 1. The van der Waals surface area contributed by atoms with Crippen LogP contribution in [0.2, 0.25) is 0 Å². The third-order valence-corrected chi connectivity index (χ3v) is 7.78. The molecule has 0 aliphatic carbocycles. The SMILES string of the molecule is CCCOc1cccc(C(O)=C2C(=O)C(=O)N(c3nc4ccc(F)cc4s3)C2c2cc(Br)c(O)c(OC)c2)c1. The molecule has 200 valence electrons. The maximum atomic E-state index is 13.9. The van der Waals surface area contributed by atoms with Crippen molar-refractivity contribution in [3.63, 3.8) is 0 Å². The van der Waals surface area contributed by atoms with Gasteiger partial charge in [0.05, 0.1) is 40.0 Å². The Bertz CT molecular complexity index is 1650. The Balaban J connectivity index is 1.73. The summed E-state index contributed by atoms with van der Waals surface area (Å²) in [5.74, 6) is -2.30. The maximum absolute atomic E-state index is 13.9. The van der Waals surface area contributed by atoms with Crippen LogP contribution in [0, 0.1) is 5.82 Å². The maximum Gasteiger partial charge on any atom is 0.301 e. The summed E-state index contributed by atoms with van der Waals surface area (Å²) in [7, 11) is 1.37. The predicted molar refractivity (Wildman–Crippen MR) is 149 cm³/mol. The van der Waals surface area contributed by atoms with Crippen molar-refractivity contribution in [3.8, 4) is 17.2 Å². The number of aliphatic hydroxyl groups excluding tert-OH is 1. The second-order valence-corrected chi connectivity index (χ2v) is 10.6. The number of aromatic nitrogens is 1. The zero-order valence-electron chi connectivity index (χ0n) is 20.8. The van der Waals surface area contributed by atoms with Crippen molar-refractivity contribution in [2.75, 3.05) is 18.6 Å². The highest BCUT2D eigenvalue weighted by Gasteiger charge is 2.48. The number of methoxy groups -OCH3 is 1. The van der Waals surface area contributed by atoms with Crippen LogP contribution >= 0.6 is 27.3 Å². The van der Waals surface area contributed by atoms with Gasteiger partial charge in [-0.3, -0.25) is 14.5 Å². The summed E-state index contributed by atoms with van der Waals surface area (Å²) in [6.07, 6.45) is 0.783. The molecule has 1 aliphatic rings. The van der Waals surface area contributed by atoms with Crippen molar-refractivity contribution < 1.29 is 33.7 Å². The van der Waals surface area contributed by atoms with Crippen molar-refractivity contribution in [1.82, 2.24) is 4.98 Å². The second-order valence-electron chi connectivity index (χ2n) is 8.71. The van der Waals surface area contributed by atoms with Gasteiger partial charge in [0, 0.05) is 5.56 Å². The molecule has 0 spiro atoms. The second kappa shape index (κ2) is 10.7. The summed E-state index contributed by atoms with van der Waals surface area (Å²) in [6.45, 7) is 2.43. The number of hydrogen-bond acceptors (Lipinski definition) is 8. The van der Waals surface area contributed by atoms with E-state index in [2.05, 4.69) is 20.9 Å². The normalized spacial score (nSPS) is 16.7. The van der Waals surface area contributed by atoms with Crippen molar-refractivity contribution >= 4 is 60.1 Å². The van der Waals surface area contributed by atoms with Gasteiger partial charge in [0.15, 0.2) is 16.6 Å². The van der Waals surface area contributed by atoms with Gasteiger partial charge in [-0.05, 0) is 70.4 Å². The van der Waals surface area contributed by atoms with Crippen LogP contribution in [-0.2, 0) is 9.59 Å². The molecule has 1 aliphatic heterocycles. The third-order valence-electron chi connectivity index (χ3n) is 6.16. The number of nitrogens with zero attached hydrogens (tertiary/aromatic N) is 2. The van der Waals surface area contributed by atoms with Crippen molar-refractivity contribution in [1.29, 1.82) is 0 Å². The lowest BCUT2D eigenvalue weighted by atomic mass is 9.95. The molecule has 2 heterocycles. The topological polar surface area (TPSA) is 109 Å². The fourth-order valence-electron chi connectivity index (χ4n) is 4.35. The first kappa shape index (κ1) is 26.6. The van der Waals surface area contributed by atoms with E-state index in [4.69, 9.17) is 9.47 Å². The lowest BCUT2D eigenvalue weighted by Gasteiger charge is -2.24. The number of aliphatic hydroxyl groups is 1. The Kier molecular flexibility index (Phi) is 7.28. The third kappa shape index (κ3) is 4.83. The molecular weight excluding hydrogens is 591 g/mol. The number of ketones is 1. The largest absolute Gasteiger partial charge is 0.507 e. The fourth-order valence-corrected chi connectivity index (χ4v) is 5.83. The minimum Gasteiger partial charge on any atom is -0.507 e. The smallest absolute Gasteiger partial charge is 0.301 e. The van der Waals surface area contributed by atoms with Crippen molar-refractivity contribution in [2.24, 2.45) is 0 Å². The zero-order valence-corrected chi connectivity index (χ0v) is 23.2. The number of carbonyl (C=O) groups is 2. The van der Waals surface area contributed by atoms with Crippen LogP contribution in [0.3, 0.4) is 0 Å². The van der Waals surface area contributed by atoms with E-state index in [-0.39, 0.29) is 32.2 Å². The van der Waals surface area contributed by atoms with E-state index in [9.17, 15) is 24.2 Å². The number of carbonyl (C=O) groups excluding carboxylic acids is 2. The molecular formula is C28H22BrFN2O6S. The van der Waals surface area contributed by atoms with Gasteiger partial charge in [-0.2, -0.15) is 0 Å². The molecule has 1 fully saturated rings. The summed E-state index contributed by atoms with van der Waals surface area (Å²) >= 11 is 4.33. The monoisotopic (exact) mass is 612 g/mol. The Hall–Kier alpha value is -3.96. The number of anilines is 1. The Morgan fingerprint density at radius 3 is 2.72 bits per heavy atom. The van der Waals surface area contributed by atoms with Crippen LogP contribution in [0.25, 0.3) is 16.0 Å². The predicted octanol–water partition coefficient (Wildman–Crippen LogP) is 6.33. The van der Waals surface area contributed by atoms with Crippen LogP contribution in [0.4, 0.5) is 9.52 Å². The first-order chi connectivity index (χ1) is 18.7. The highest BCUT2D eigenvalue weighted by molar-refractivity contribution is 9.10. The minimum absolute atomic E-state index is 0.0892. The highest BCUT2D eigenvalue weighted by atomic mass is 79.9. The van der Waals surface area contributed by atoms with Gasteiger partial charge in [-0.25, -0.2) is 9.37 Å². The molecule has 11 heteroatoms. The van der Waals surface area contributed by atoms with Crippen LogP contribution < -0.4 is 14.4 Å². The van der Waals surface area contributed by atoms with Crippen LogP contribution in [0.15, 0.2) is 64.6 Å². The zero-order chi connectivity index (χ0) is 27.8. The van der Waals surface area contributed by atoms with Gasteiger partial charge in [-0.1, -0.05) is 30.4 Å². The number of phenolic OH excluding ortho intramolecular Hbond substituents is 1. The Morgan fingerprint density at radius 1 is 1.18 bits per heavy atom. The number of ether oxygens (including phenoxy) is 2. The van der Waals surface area contributed by atoms with E-state index in [0.717, 1.165) is 17.8 Å². The number of benzene rings is 3. The standard InChI is InChI=1S/C28H22BrFN2O6S/c1-3-9-38-17-6-4-5-14(10-17)24(33)22-23(15-11-18(29)25(34)20(12-15)37-2)32(27(36)26(22)35)28-31-19-8-7-16(30)13-21(19)39-28/h4-8,10-13,23,33-34H,3,9H2,1-2H3. The quantitative estimate of drug-likeness (QED) is 0.143. The summed E-state index contributed by atoms with van der Waals surface area (Å²) < 4.78 is 25.6. The van der Waals surface area contributed by atoms with E-state index in [1.807, 2.05) is 6.92 Å². The Morgan fingerprint density at radius 2 is 1.97 bits per heavy atom. The average molecular weight is 613 g/mol. The lowest BCUT2D eigenvalue weighted by molar-refractivity contribution is -0.132. The van der Waals surface area contributed by atoms with Gasteiger partial charge in [0.2, 0.25) is 0 Å². The Labute approximate surface area is 235 Å². The van der Waals surface area contributed by atoms with E-state index in [1.165, 1.54) is 42.3 Å². The molecule has 0 radical (unpaired) electrons. The molecule has 0 saturated carbocycles. The van der Waals surface area contributed by atoms with E-state index in [1.54, 1.807) is 24.3 Å². The van der Waals surface area contributed by atoms with E-state index in [0.29, 0.717) is 28.1 Å². The number of phenols is 1. The number of aromatic hydroxyl groups is 1. The highest BCUT2D eigenvalue weighted by Crippen LogP contribution is 2.47. The molecule has 1 saturated heterocycles. The fraction of sp³-hybridized carbons (Fsp3) is 0.179. The van der Waals surface area contributed by atoms with E-state index < -0.39 is 29.3 Å². The summed E-state index contributed by atoms with van der Waals surface area (Å²) in [6, 6.07) is 12.5. The summed E-state index contributed by atoms with van der Waals surface area (Å²) in [4.78, 5) is 32.7. The van der Waals surface area contributed by atoms with Crippen molar-refractivity contribution in [3.05, 3.63) is 81.6 Å². The average Bonchev–Trinajstić information content (AvgIpc) is 3.46. The van der Waals surface area contributed by atoms with Gasteiger partial charge >= 0.3 is 5.91 Å². The van der Waals surface area contributed by atoms with Gasteiger partial charge in [0.1, 0.15) is 17.3 Å². The first-order valence-electron chi connectivity index (χ1n) is 11.9.